The van der Waals surface area contributed by atoms with Crippen LogP contribution in [0.4, 0.5) is 4.39 Å². The summed E-state index contributed by atoms with van der Waals surface area (Å²) in [7, 11) is 3.18. The summed E-state index contributed by atoms with van der Waals surface area (Å²) in [4.78, 5) is 0. The molecule has 0 saturated carbocycles. The number of ether oxygens (including phenoxy) is 2. The quantitative estimate of drug-likeness (QED) is 0.776. The molecule has 0 heterocycles. The molecule has 96 valence electrons. The van der Waals surface area contributed by atoms with Crippen molar-refractivity contribution >= 4 is 0 Å². The molecule has 1 aromatic rings. The van der Waals surface area contributed by atoms with Crippen LogP contribution in [0, 0.1) is 12.7 Å². The summed E-state index contributed by atoms with van der Waals surface area (Å²) in [6, 6.07) is 4.93. The van der Waals surface area contributed by atoms with Crippen LogP contribution in [0.25, 0.3) is 0 Å². The minimum absolute atomic E-state index is 0.103. The average Bonchev–Trinajstić information content (AvgIpc) is 2.33. The predicted octanol–water partition coefficient (Wildman–Crippen LogP) is 2.40. The molecule has 1 N–H and O–H groups in total. The Morgan fingerprint density at radius 3 is 2.41 bits per heavy atom. The Morgan fingerprint density at radius 2 is 1.94 bits per heavy atom. The van der Waals surface area contributed by atoms with Crippen molar-refractivity contribution in [3.05, 3.63) is 35.1 Å². The molecule has 0 aliphatic heterocycles. The summed E-state index contributed by atoms with van der Waals surface area (Å²) in [5, 5.41) is 3.28. The molecule has 4 heteroatoms. The summed E-state index contributed by atoms with van der Waals surface area (Å²) < 4.78 is 23.8. The second kappa shape index (κ2) is 6.69. The zero-order valence-electron chi connectivity index (χ0n) is 10.8. The van der Waals surface area contributed by atoms with Crippen LogP contribution in [0.2, 0.25) is 0 Å². The van der Waals surface area contributed by atoms with Crippen molar-refractivity contribution in [2.24, 2.45) is 0 Å². The predicted molar refractivity (Wildman–Crippen MR) is 65.4 cm³/mol. The van der Waals surface area contributed by atoms with Gasteiger partial charge in [0.15, 0.2) is 6.29 Å². The highest BCUT2D eigenvalue weighted by Crippen LogP contribution is 2.21. The first-order valence-electron chi connectivity index (χ1n) is 5.69. The maximum absolute atomic E-state index is 13.2. The lowest BCUT2D eigenvalue weighted by molar-refractivity contribution is -0.123. The van der Waals surface area contributed by atoms with Crippen LogP contribution in [-0.4, -0.2) is 27.1 Å². The Balaban J connectivity index is 2.99. The highest BCUT2D eigenvalue weighted by molar-refractivity contribution is 5.27. The van der Waals surface area contributed by atoms with E-state index in [1.54, 1.807) is 27.2 Å². The second-order valence-corrected chi connectivity index (χ2v) is 3.88. The standard InChI is InChI=1S/C13H20FNO2/c1-5-15-12(13(16-3)17-4)10-6-7-11(14)9(2)8-10/h6-8,12-13,15H,5H2,1-4H3. The van der Waals surface area contributed by atoms with Gasteiger partial charge >= 0.3 is 0 Å². The molecule has 0 aliphatic rings. The number of benzene rings is 1. The first kappa shape index (κ1) is 14.1. The smallest absolute Gasteiger partial charge is 0.176 e. The number of likely N-dealkylation sites (N-methyl/N-ethyl adjacent to an activating group) is 1. The van der Waals surface area contributed by atoms with Gasteiger partial charge in [-0.3, -0.25) is 0 Å². The van der Waals surface area contributed by atoms with E-state index in [0.717, 1.165) is 12.1 Å². The SMILES string of the molecule is CCNC(c1ccc(F)c(C)c1)C(OC)OC. The molecular weight excluding hydrogens is 221 g/mol. The Kier molecular flexibility index (Phi) is 5.55. The van der Waals surface area contributed by atoms with Crippen molar-refractivity contribution in [3.63, 3.8) is 0 Å². The van der Waals surface area contributed by atoms with Gasteiger partial charge in [0.2, 0.25) is 0 Å². The molecule has 0 amide bonds. The maximum Gasteiger partial charge on any atom is 0.176 e. The molecule has 1 atom stereocenters. The van der Waals surface area contributed by atoms with E-state index in [1.165, 1.54) is 6.07 Å². The lowest BCUT2D eigenvalue weighted by atomic mass is 10.0. The van der Waals surface area contributed by atoms with E-state index < -0.39 is 0 Å². The van der Waals surface area contributed by atoms with Gasteiger partial charge in [-0.15, -0.1) is 0 Å². The number of methoxy groups -OCH3 is 2. The number of nitrogens with one attached hydrogen (secondary N) is 1. The molecule has 0 aromatic heterocycles. The fourth-order valence-corrected chi connectivity index (χ4v) is 1.82. The van der Waals surface area contributed by atoms with Crippen molar-refractivity contribution in [3.8, 4) is 0 Å². The normalized spacial score (nSPS) is 13.1. The molecule has 0 bridgehead atoms. The van der Waals surface area contributed by atoms with Crippen LogP contribution in [0.1, 0.15) is 24.1 Å². The Hall–Kier alpha value is -0.970. The molecule has 1 aromatic carbocycles. The number of halogens is 1. The van der Waals surface area contributed by atoms with Crippen molar-refractivity contribution in [1.82, 2.24) is 5.32 Å². The zero-order chi connectivity index (χ0) is 12.8. The average molecular weight is 241 g/mol. The lowest BCUT2D eigenvalue weighted by Gasteiger charge is -2.26. The molecule has 1 rings (SSSR count). The number of rotatable bonds is 6. The minimum Gasteiger partial charge on any atom is -0.354 e. The number of hydrogen-bond acceptors (Lipinski definition) is 3. The molecule has 0 spiro atoms. The lowest BCUT2D eigenvalue weighted by Crippen LogP contribution is -2.34. The van der Waals surface area contributed by atoms with Crippen LogP contribution in [0.15, 0.2) is 18.2 Å². The molecule has 3 nitrogen and oxygen atoms in total. The summed E-state index contributed by atoms with van der Waals surface area (Å²) in [6.07, 6.45) is -0.389. The van der Waals surface area contributed by atoms with Crippen LogP contribution in [0.3, 0.4) is 0 Å². The fourth-order valence-electron chi connectivity index (χ4n) is 1.82. The van der Waals surface area contributed by atoms with Crippen molar-refractivity contribution in [2.45, 2.75) is 26.2 Å². The molecular formula is C13H20FNO2. The van der Waals surface area contributed by atoms with E-state index in [4.69, 9.17) is 9.47 Å². The second-order valence-electron chi connectivity index (χ2n) is 3.88. The van der Waals surface area contributed by atoms with E-state index in [2.05, 4.69) is 5.32 Å². The molecule has 0 fully saturated rings. The third-order valence-electron chi connectivity index (χ3n) is 2.70. The van der Waals surface area contributed by atoms with Crippen molar-refractivity contribution < 1.29 is 13.9 Å². The minimum atomic E-state index is -0.389. The van der Waals surface area contributed by atoms with Crippen LogP contribution >= 0.6 is 0 Å². The van der Waals surface area contributed by atoms with Gasteiger partial charge in [-0.1, -0.05) is 19.1 Å². The van der Waals surface area contributed by atoms with Gasteiger partial charge in [-0.05, 0) is 30.7 Å². The maximum atomic E-state index is 13.2. The summed E-state index contributed by atoms with van der Waals surface area (Å²) in [6.45, 7) is 4.53. The Bertz CT molecular complexity index is 353. The van der Waals surface area contributed by atoms with Gasteiger partial charge in [0.05, 0.1) is 6.04 Å². The molecule has 0 radical (unpaired) electrons. The van der Waals surface area contributed by atoms with E-state index in [9.17, 15) is 4.39 Å². The van der Waals surface area contributed by atoms with E-state index in [1.807, 2.05) is 13.0 Å². The molecule has 1 unspecified atom stereocenters. The largest absolute Gasteiger partial charge is 0.354 e. The van der Waals surface area contributed by atoms with Crippen LogP contribution in [0.5, 0.6) is 0 Å². The monoisotopic (exact) mass is 241 g/mol. The molecule has 17 heavy (non-hydrogen) atoms. The van der Waals surface area contributed by atoms with E-state index >= 15 is 0 Å². The highest BCUT2D eigenvalue weighted by atomic mass is 19.1. The van der Waals surface area contributed by atoms with Gasteiger partial charge in [-0.2, -0.15) is 0 Å². The zero-order valence-corrected chi connectivity index (χ0v) is 10.8. The third-order valence-corrected chi connectivity index (χ3v) is 2.70. The number of aryl methyl sites for hydroxylation is 1. The summed E-state index contributed by atoms with van der Waals surface area (Å²) in [5.41, 5.74) is 1.58. The highest BCUT2D eigenvalue weighted by Gasteiger charge is 2.22. The van der Waals surface area contributed by atoms with Crippen molar-refractivity contribution in [2.75, 3.05) is 20.8 Å². The van der Waals surface area contributed by atoms with Crippen LogP contribution < -0.4 is 5.32 Å². The van der Waals surface area contributed by atoms with Gasteiger partial charge in [-0.25, -0.2) is 4.39 Å². The van der Waals surface area contributed by atoms with Gasteiger partial charge in [0.1, 0.15) is 5.82 Å². The summed E-state index contributed by atoms with van der Waals surface area (Å²) in [5.74, 6) is -0.199. The van der Waals surface area contributed by atoms with Gasteiger partial charge < -0.3 is 14.8 Å². The Labute approximate surface area is 102 Å². The fraction of sp³-hybridized carbons (Fsp3) is 0.538. The third kappa shape index (κ3) is 3.49. The van der Waals surface area contributed by atoms with Crippen LogP contribution in [-0.2, 0) is 9.47 Å². The van der Waals surface area contributed by atoms with Crippen molar-refractivity contribution in [1.29, 1.82) is 0 Å². The Morgan fingerprint density at radius 1 is 1.29 bits per heavy atom. The molecule has 0 saturated heterocycles. The van der Waals surface area contributed by atoms with E-state index in [0.29, 0.717) is 5.56 Å². The van der Waals surface area contributed by atoms with Gasteiger partial charge in [0, 0.05) is 14.2 Å². The first-order valence-corrected chi connectivity index (χ1v) is 5.69. The number of hydrogen-bond donors (Lipinski definition) is 1. The van der Waals surface area contributed by atoms with E-state index in [-0.39, 0.29) is 18.1 Å². The topological polar surface area (TPSA) is 30.5 Å². The van der Waals surface area contributed by atoms with Gasteiger partial charge in [0.25, 0.3) is 0 Å². The molecule has 0 aliphatic carbocycles. The first-order chi connectivity index (χ1) is 8.13. The summed E-state index contributed by atoms with van der Waals surface area (Å²) >= 11 is 0.